The van der Waals surface area contributed by atoms with Crippen LogP contribution in [-0.2, 0) is 4.74 Å². The predicted octanol–water partition coefficient (Wildman–Crippen LogP) is 1.79. The quantitative estimate of drug-likeness (QED) is 0.638. The molecule has 0 aromatic rings. The Balaban J connectivity index is 2.71. The van der Waals surface area contributed by atoms with E-state index in [9.17, 15) is 5.11 Å². The third kappa shape index (κ3) is 5.36. The third-order valence-electron chi connectivity index (χ3n) is 4.12. The summed E-state index contributed by atoms with van der Waals surface area (Å²) < 4.78 is 5.51. The molecule has 1 aliphatic heterocycles. The summed E-state index contributed by atoms with van der Waals surface area (Å²) in [5, 5.41) is 19.2. The second-order valence-electron chi connectivity index (χ2n) is 6.58. The molecule has 0 saturated carbocycles. The zero-order chi connectivity index (χ0) is 16.8. The highest BCUT2D eigenvalue weighted by Crippen LogP contribution is 2.30. The Morgan fingerprint density at radius 3 is 2.68 bits per heavy atom. The maximum Gasteiger partial charge on any atom is 0.131 e. The minimum Gasteiger partial charge on any atom is -0.377 e. The number of piperidine rings is 1. The Morgan fingerprint density at radius 1 is 1.36 bits per heavy atom. The fourth-order valence-electron chi connectivity index (χ4n) is 2.45. The highest BCUT2D eigenvalue weighted by molar-refractivity contribution is 5.33. The van der Waals surface area contributed by atoms with Gasteiger partial charge in [0.05, 0.1) is 19.1 Å². The van der Waals surface area contributed by atoms with Crippen LogP contribution in [0.5, 0.6) is 0 Å². The Kier molecular flexibility index (Phi) is 6.46. The van der Waals surface area contributed by atoms with Crippen LogP contribution < -0.4 is 0 Å². The minimum absolute atomic E-state index is 0.0860. The van der Waals surface area contributed by atoms with E-state index in [1.807, 2.05) is 26.8 Å². The maximum atomic E-state index is 10.7. The lowest BCUT2D eigenvalue weighted by Gasteiger charge is -2.42. The average Bonchev–Trinajstić information content (AvgIpc) is 2.42. The number of likely N-dealkylation sites (tertiary alicyclic amines) is 1. The molecule has 1 saturated heterocycles. The number of nitrogens with zero attached hydrogens (tertiary/aromatic N) is 2. The lowest BCUT2D eigenvalue weighted by molar-refractivity contribution is -0.0346. The van der Waals surface area contributed by atoms with Crippen molar-refractivity contribution in [2.45, 2.75) is 57.8 Å². The van der Waals surface area contributed by atoms with Gasteiger partial charge in [-0.25, -0.2) is 0 Å². The highest BCUT2D eigenvalue weighted by Gasteiger charge is 2.39. The van der Waals surface area contributed by atoms with Gasteiger partial charge in [-0.1, -0.05) is 18.8 Å². The molecule has 1 N–H and O–H groups in total. The summed E-state index contributed by atoms with van der Waals surface area (Å²) in [7, 11) is 2.06. The summed E-state index contributed by atoms with van der Waals surface area (Å²) in [6, 6.07) is 2.33. The summed E-state index contributed by atoms with van der Waals surface area (Å²) in [5.74, 6) is 11.5. The highest BCUT2D eigenvalue weighted by atomic mass is 16.5. The van der Waals surface area contributed by atoms with E-state index in [1.165, 1.54) is 0 Å². The van der Waals surface area contributed by atoms with E-state index in [0.717, 1.165) is 6.54 Å². The van der Waals surface area contributed by atoms with E-state index in [2.05, 4.69) is 42.6 Å². The first kappa shape index (κ1) is 18.5. The second-order valence-corrected chi connectivity index (χ2v) is 6.58. The van der Waals surface area contributed by atoms with Crippen molar-refractivity contribution in [1.29, 1.82) is 5.26 Å². The van der Waals surface area contributed by atoms with Gasteiger partial charge in [-0.2, -0.15) is 5.26 Å². The van der Waals surface area contributed by atoms with Crippen LogP contribution in [-0.4, -0.2) is 47.4 Å². The van der Waals surface area contributed by atoms with E-state index in [4.69, 9.17) is 10.00 Å². The first-order valence-corrected chi connectivity index (χ1v) is 7.68. The van der Waals surface area contributed by atoms with Crippen molar-refractivity contribution in [2.24, 2.45) is 5.92 Å². The topological polar surface area (TPSA) is 56.5 Å². The fraction of sp³-hybridized carbons (Fsp3) is 0.722. The van der Waals surface area contributed by atoms with E-state index < -0.39 is 11.2 Å². The third-order valence-corrected chi connectivity index (χ3v) is 4.12. The monoisotopic (exact) mass is 302 g/mol. The SMILES string of the molecule is C[C@H]1C[C@](O)(C#CC#CC(C)(C)OCCC#N)[C@@H](C)CN1C. The summed E-state index contributed by atoms with van der Waals surface area (Å²) >= 11 is 0. The van der Waals surface area contributed by atoms with Gasteiger partial charge in [-0.15, -0.1) is 0 Å². The van der Waals surface area contributed by atoms with Gasteiger partial charge < -0.3 is 14.7 Å². The van der Waals surface area contributed by atoms with Gasteiger partial charge in [0.25, 0.3) is 0 Å². The number of ether oxygens (including phenoxy) is 1. The van der Waals surface area contributed by atoms with E-state index >= 15 is 0 Å². The number of hydrogen-bond acceptors (Lipinski definition) is 4. The first-order valence-electron chi connectivity index (χ1n) is 7.68. The van der Waals surface area contributed by atoms with Crippen LogP contribution in [0, 0.1) is 40.9 Å². The van der Waals surface area contributed by atoms with Gasteiger partial charge in [0.15, 0.2) is 0 Å². The molecule has 0 unspecified atom stereocenters. The standard InChI is InChI=1S/C18H26N2O2/c1-15-14-20(5)16(2)13-18(15,21)10-7-6-9-17(3,4)22-12-8-11-19/h15-16,21H,8,12-14H2,1-5H3/t15-,16-,18+/m0/s1. The smallest absolute Gasteiger partial charge is 0.131 e. The van der Waals surface area contributed by atoms with Crippen LogP contribution in [0.2, 0.25) is 0 Å². The summed E-state index contributed by atoms with van der Waals surface area (Å²) in [6.45, 7) is 8.97. The molecule has 1 aliphatic rings. The van der Waals surface area contributed by atoms with Gasteiger partial charge in [0, 0.05) is 24.9 Å². The molecule has 0 spiro atoms. The molecule has 0 aromatic heterocycles. The molecular formula is C18H26N2O2. The summed E-state index contributed by atoms with van der Waals surface area (Å²) in [4.78, 5) is 2.23. The average molecular weight is 302 g/mol. The van der Waals surface area contributed by atoms with E-state index in [1.54, 1.807) is 0 Å². The molecule has 1 heterocycles. The number of aliphatic hydroxyl groups is 1. The van der Waals surface area contributed by atoms with Gasteiger partial charge >= 0.3 is 0 Å². The molecule has 4 nitrogen and oxygen atoms in total. The first-order chi connectivity index (χ1) is 10.2. The molecule has 0 aliphatic carbocycles. The number of rotatable bonds is 3. The van der Waals surface area contributed by atoms with Crippen LogP contribution in [0.25, 0.3) is 0 Å². The molecule has 1 rings (SSSR count). The van der Waals surface area contributed by atoms with E-state index in [-0.39, 0.29) is 5.92 Å². The van der Waals surface area contributed by atoms with Gasteiger partial charge in [0.1, 0.15) is 11.2 Å². The zero-order valence-electron chi connectivity index (χ0n) is 14.2. The van der Waals surface area contributed by atoms with E-state index in [0.29, 0.717) is 25.5 Å². The number of nitriles is 1. The van der Waals surface area contributed by atoms with Crippen LogP contribution in [0.3, 0.4) is 0 Å². The van der Waals surface area contributed by atoms with Crippen LogP contribution >= 0.6 is 0 Å². The van der Waals surface area contributed by atoms with Gasteiger partial charge in [-0.3, -0.25) is 0 Å². The van der Waals surface area contributed by atoms with Crippen molar-refractivity contribution >= 4 is 0 Å². The Bertz CT molecular complexity index is 541. The Hall–Kier alpha value is -1.51. The molecule has 0 aromatic carbocycles. The Morgan fingerprint density at radius 2 is 2.05 bits per heavy atom. The van der Waals surface area contributed by atoms with Crippen LogP contribution in [0.1, 0.15) is 40.5 Å². The lowest BCUT2D eigenvalue weighted by atomic mass is 9.79. The minimum atomic E-state index is -0.980. The number of hydrogen-bond donors (Lipinski definition) is 1. The van der Waals surface area contributed by atoms with Crippen LogP contribution in [0.4, 0.5) is 0 Å². The molecule has 120 valence electrons. The Labute approximate surface area is 134 Å². The summed E-state index contributed by atoms with van der Waals surface area (Å²) in [5.41, 5.74) is -1.62. The zero-order valence-corrected chi connectivity index (χ0v) is 14.2. The van der Waals surface area contributed by atoms with Crippen LogP contribution in [0.15, 0.2) is 0 Å². The molecule has 1 fully saturated rings. The summed E-state index contributed by atoms with van der Waals surface area (Å²) in [6.07, 6.45) is 0.973. The van der Waals surface area contributed by atoms with Crippen molar-refractivity contribution in [3.63, 3.8) is 0 Å². The largest absolute Gasteiger partial charge is 0.377 e. The molecule has 0 amide bonds. The van der Waals surface area contributed by atoms with Crippen molar-refractivity contribution in [3.05, 3.63) is 0 Å². The second kappa shape index (κ2) is 7.66. The van der Waals surface area contributed by atoms with Crippen molar-refractivity contribution in [2.75, 3.05) is 20.2 Å². The molecule has 0 bridgehead atoms. The van der Waals surface area contributed by atoms with Gasteiger partial charge in [-0.05, 0) is 39.7 Å². The normalized spacial score (nSPS) is 28.8. The van der Waals surface area contributed by atoms with Crippen molar-refractivity contribution in [3.8, 4) is 29.8 Å². The predicted molar refractivity (Wildman–Crippen MR) is 86.6 cm³/mol. The molecule has 3 atom stereocenters. The van der Waals surface area contributed by atoms with Crippen molar-refractivity contribution in [1.82, 2.24) is 4.90 Å². The van der Waals surface area contributed by atoms with Crippen molar-refractivity contribution < 1.29 is 9.84 Å². The molecular weight excluding hydrogens is 276 g/mol. The molecule has 22 heavy (non-hydrogen) atoms. The maximum absolute atomic E-state index is 10.7. The molecule has 0 radical (unpaired) electrons. The lowest BCUT2D eigenvalue weighted by Crippen LogP contribution is -2.52. The fourth-order valence-corrected chi connectivity index (χ4v) is 2.45. The van der Waals surface area contributed by atoms with Gasteiger partial charge in [0.2, 0.25) is 0 Å². The molecule has 4 heteroatoms.